The number of aromatic hydroxyl groups is 1. The van der Waals surface area contributed by atoms with E-state index in [1.165, 1.54) is 16.7 Å². The standard InChI is InChI=1S/C24H28BrNO.C23H26BrNO.CH2Cl2.BBr3/c1-23(2,3)16-13-17(22(27-7)18(14-16)24(4,5)6)20-12-11-15-9-8-10-19(25)21(15)26-20;1-22(2,3)15-12-16(21(26)17(13-15)23(4,5)6)19-11-10-14-8-7-9-18(24)20(14)25-19;2-1-3;2-1(3)4/h8-14H,1-7H3;7-13,26H,1-6H3;1H2;. The van der Waals surface area contributed by atoms with Gasteiger partial charge in [-0.15, -0.1) is 70.5 Å². The number of hydrogen-bond donors (Lipinski definition) is 1. The number of ether oxygens (including phenoxy) is 1. The second kappa shape index (κ2) is 21.8. The lowest BCUT2D eigenvalue weighted by Crippen LogP contribution is -2.18. The van der Waals surface area contributed by atoms with Crippen LogP contribution in [0.4, 0.5) is 0 Å². The zero-order valence-electron chi connectivity index (χ0n) is 36.8. The molecule has 0 radical (unpaired) electrons. The summed E-state index contributed by atoms with van der Waals surface area (Å²) in [6, 6.07) is 29.2. The average Bonchev–Trinajstić information content (AvgIpc) is 3.13. The van der Waals surface area contributed by atoms with E-state index >= 15 is 0 Å². The summed E-state index contributed by atoms with van der Waals surface area (Å²) in [5.41, 5.74) is 9.93. The molecule has 0 fully saturated rings. The molecule has 0 spiro atoms. The van der Waals surface area contributed by atoms with Gasteiger partial charge in [0, 0.05) is 42.0 Å². The van der Waals surface area contributed by atoms with Crippen LogP contribution in [0.5, 0.6) is 11.5 Å². The van der Waals surface area contributed by atoms with Crippen LogP contribution in [-0.2, 0) is 21.7 Å². The highest BCUT2D eigenvalue weighted by Gasteiger charge is 2.28. The molecule has 12 heteroatoms. The maximum Gasteiger partial charge on any atom is 0.369 e. The number of pyridine rings is 2. The van der Waals surface area contributed by atoms with Crippen molar-refractivity contribution in [3.05, 3.63) is 116 Å². The summed E-state index contributed by atoms with van der Waals surface area (Å²) >= 11 is 26.1. The molecule has 4 aromatic carbocycles. The molecule has 6 rings (SSSR count). The first-order valence-corrected chi connectivity index (χ1v) is 24.8. The lowest BCUT2D eigenvalue weighted by molar-refractivity contribution is 0.398. The molecule has 2 aromatic heterocycles. The summed E-state index contributed by atoms with van der Waals surface area (Å²) < 4.78 is 8.15. The molecule has 0 aliphatic heterocycles. The van der Waals surface area contributed by atoms with Crippen molar-refractivity contribution in [2.24, 2.45) is 0 Å². The van der Waals surface area contributed by atoms with Crippen LogP contribution >= 0.6 is 102 Å². The Morgan fingerprint density at radius 3 is 1.30 bits per heavy atom. The Morgan fingerprint density at radius 2 is 0.933 bits per heavy atom. The van der Waals surface area contributed by atoms with Crippen LogP contribution in [0.15, 0.2) is 93.9 Å². The van der Waals surface area contributed by atoms with E-state index in [1.54, 1.807) is 7.11 Å². The number of aromatic nitrogens is 2. The van der Waals surface area contributed by atoms with Gasteiger partial charge < -0.3 is 9.84 Å². The first kappa shape index (κ1) is 52.7. The highest BCUT2D eigenvalue weighted by molar-refractivity contribution is 9.69. The van der Waals surface area contributed by atoms with Crippen LogP contribution in [0.3, 0.4) is 0 Å². The third-order valence-corrected chi connectivity index (χ3v) is 10.9. The first-order chi connectivity index (χ1) is 27.6. The number of para-hydroxylation sites is 2. The molecule has 6 aromatic rings. The van der Waals surface area contributed by atoms with E-state index in [4.69, 9.17) is 37.9 Å². The van der Waals surface area contributed by atoms with Crippen molar-refractivity contribution < 1.29 is 9.84 Å². The van der Waals surface area contributed by atoms with Gasteiger partial charge in [-0.25, -0.2) is 9.97 Å². The first-order valence-electron chi connectivity index (χ1n) is 19.4. The van der Waals surface area contributed by atoms with Gasteiger partial charge in [0.15, 0.2) is 0 Å². The number of fused-ring (bicyclic) bond motifs is 2. The van der Waals surface area contributed by atoms with Crippen molar-refractivity contribution >= 4 is 127 Å². The fraction of sp³-hybridized carbons (Fsp3) is 0.375. The van der Waals surface area contributed by atoms with Gasteiger partial charge in [0.2, 0.25) is 0 Å². The highest BCUT2D eigenvalue weighted by atomic mass is 79.9. The van der Waals surface area contributed by atoms with Crippen LogP contribution in [0.25, 0.3) is 44.3 Å². The van der Waals surface area contributed by atoms with Crippen molar-refractivity contribution in [2.45, 2.75) is 105 Å². The van der Waals surface area contributed by atoms with Gasteiger partial charge in [0.05, 0.1) is 34.9 Å². The summed E-state index contributed by atoms with van der Waals surface area (Å²) in [6.45, 7) is 26.4. The SMILES string of the molecule is BrB(Br)Br.CC(C)(C)c1cc(-c2ccc3cccc(Br)c3n2)c(O)c(C(C)(C)C)c1.COc1c(-c2ccc3cccc(Br)c3n2)cc(C(C)(C)C)cc1C(C)(C)C.ClCCl. The average molecular weight is 1170 g/mol. The third-order valence-electron chi connectivity index (χ3n) is 9.64. The quantitative estimate of drug-likeness (QED) is 0.142. The molecule has 0 saturated heterocycles. The van der Waals surface area contributed by atoms with Crippen LogP contribution in [0.1, 0.15) is 105 Å². The minimum absolute atomic E-state index is 0.0140. The summed E-state index contributed by atoms with van der Waals surface area (Å²) in [7, 11) is 1.75. The summed E-state index contributed by atoms with van der Waals surface area (Å²) in [6.07, 6.45) is 0. The molecule has 60 heavy (non-hydrogen) atoms. The molecule has 322 valence electrons. The van der Waals surface area contributed by atoms with E-state index < -0.39 is 0 Å². The molecular weight excluding hydrogens is 1120 g/mol. The number of halogens is 7. The Bertz CT molecular complexity index is 2400. The normalized spacial score (nSPS) is 11.8. The van der Waals surface area contributed by atoms with Gasteiger partial charge >= 0.3 is 3.18 Å². The number of methoxy groups -OCH3 is 1. The maximum absolute atomic E-state index is 11.1. The predicted molar refractivity (Wildman–Crippen MR) is 282 cm³/mol. The van der Waals surface area contributed by atoms with Crippen molar-refractivity contribution in [1.29, 1.82) is 0 Å². The zero-order valence-corrected chi connectivity index (χ0v) is 46.2. The number of hydrogen-bond acceptors (Lipinski definition) is 4. The van der Waals surface area contributed by atoms with E-state index in [9.17, 15) is 5.11 Å². The fourth-order valence-corrected chi connectivity index (χ4v) is 7.33. The molecule has 1 N–H and O–H groups in total. The molecule has 4 nitrogen and oxygen atoms in total. The molecule has 0 unspecified atom stereocenters. The fourth-order valence-electron chi connectivity index (χ4n) is 6.39. The minimum atomic E-state index is -0.155. The maximum atomic E-state index is 11.1. The van der Waals surface area contributed by atoms with Crippen LogP contribution in [-0.4, -0.2) is 30.7 Å². The molecule has 2 heterocycles. The summed E-state index contributed by atoms with van der Waals surface area (Å²) in [5, 5.41) is 13.4. The van der Waals surface area contributed by atoms with Crippen molar-refractivity contribution in [1.82, 2.24) is 9.97 Å². The van der Waals surface area contributed by atoms with Crippen molar-refractivity contribution in [3.63, 3.8) is 0 Å². The Hall–Kier alpha value is -1.66. The van der Waals surface area contributed by atoms with E-state index in [-0.39, 0.29) is 30.2 Å². The molecule has 0 aliphatic carbocycles. The molecule has 0 bridgehead atoms. The van der Waals surface area contributed by atoms with Gasteiger partial charge in [-0.1, -0.05) is 132 Å². The van der Waals surface area contributed by atoms with Crippen LogP contribution in [0.2, 0.25) is 0 Å². The largest absolute Gasteiger partial charge is 0.507 e. The Labute approximate surface area is 410 Å². The van der Waals surface area contributed by atoms with Gasteiger partial charge in [-0.2, -0.15) is 0 Å². The predicted octanol–water partition coefficient (Wildman–Crippen LogP) is 17.8. The lowest BCUT2D eigenvalue weighted by Gasteiger charge is -2.28. The minimum Gasteiger partial charge on any atom is -0.507 e. The number of rotatable bonds is 3. The molecule has 0 saturated carbocycles. The van der Waals surface area contributed by atoms with Crippen LogP contribution < -0.4 is 4.74 Å². The smallest absolute Gasteiger partial charge is 0.369 e. The zero-order chi connectivity index (χ0) is 45.5. The Morgan fingerprint density at radius 1 is 0.567 bits per heavy atom. The lowest BCUT2D eigenvalue weighted by atomic mass is 9.78. The van der Waals surface area contributed by atoms with Crippen molar-refractivity contribution in [3.8, 4) is 34.0 Å². The van der Waals surface area contributed by atoms with E-state index in [0.29, 0.717) is 5.75 Å². The number of phenolic OH excluding ortho intramolecular Hbond substituents is 1. The van der Waals surface area contributed by atoms with Gasteiger partial charge in [-0.3, -0.25) is 0 Å². The van der Waals surface area contributed by atoms with Crippen molar-refractivity contribution in [2.75, 3.05) is 12.4 Å². The molecule has 0 amide bonds. The second-order valence-electron chi connectivity index (χ2n) is 18.4. The number of phenols is 1. The topological polar surface area (TPSA) is 55.2 Å². The van der Waals surface area contributed by atoms with Crippen LogP contribution in [0, 0.1) is 0 Å². The van der Waals surface area contributed by atoms with Gasteiger partial charge in [0.1, 0.15) is 11.5 Å². The van der Waals surface area contributed by atoms with E-state index in [2.05, 4.69) is 211 Å². The molecular formula is C48H56BBr5Cl2N2O2. The number of benzene rings is 4. The van der Waals surface area contributed by atoms with E-state index in [0.717, 1.165) is 64.6 Å². The number of alkyl halides is 2. The highest BCUT2D eigenvalue weighted by Crippen LogP contribution is 2.44. The van der Waals surface area contributed by atoms with E-state index in [1.807, 2.05) is 36.4 Å². The van der Waals surface area contributed by atoms with Gasteiger partial charge in [0.25, 0.3) is 0 Å². The molecule has 0 atom stereocenters. The Balaban J connectivity index is 0.000000278. The second-order valence-corrected chi connectivity index (χ2v) is 27.3. The number of nitrogens with zero attached hydrogens (tertiary/aromatic N) is 2. The monoisotopic (exact) mass is 1170 g/mol. The third kappa shape index (κ3) is 14.2. The summed E-state index contributed by atoms with van der Waals surface area (Å²) in [4.78, 5) is 9.82. The van der Waals surface area contributed by atoms with Gasteiger partial charge in [-0.05, 0) is 101 Å². The molecule has 0 aliphatic rings. The Kier molecular flexibility index (Phi) is 19.2. The summed E-state index contributed by atoms with van der Waals surface area (Å²) in [5.74, 6) is 1.24.